The Labute approximate surface area is 187 Å². The van der Waals surface area contributed by atoms with Gasteiger partial charge in [-0.2, -0.15) is 5.10 Å². The number of hydrogen-bond acceptors (Lipinski definition) is 6. The second-order valence-corrected chi connectivity index (χ2v) is 7.62. The number of hydrogen-bond donors (Lipinski definition) is 2. The Morgan fingerprint density at radius 3 is 2.67 bits per heavy atom. The zero-order chi connectivity index (χ0) is 22.9. The van der Waals surface area contributed by atoms with Crippen LogP contribution in [-0.2, 0) is 16.0 Å². The molecule has 3 N–H and O–H groups in total. The summed E-state index contributed by atoms with van der Waals surface area (Å²) in [6.45, 7) is 0.0228. The minimum absolute atomic E-state index is 0.0228. The summed E-state index contributed by atoms with van der Waals surface area (Å²) in [7, 11) is 0. The van der Waals surface area contributed by atoms with Crippen LogP contribution in [0.3, 0.4) is 0 Å². The highest BCUT2D eigenvalue weighted by Gasteiger charge is 2.32. The molecule has 166 valence electrons. The van der Waals surface area contributed by atoms with Crippen LogP contribution < -0.4 is 20.9 Å². The molecule has 2 aromatic heterocycles. The molecule has 0 fully saturated rings. The summed E-state index contributed by atoms with van der Waals surface area (Å²) in [6, 6.07) is 16.3. The van der Waals surface area contributed by atoms with E-state index in [1.165, 1.54) is 11.1 Å². The maximum absolute atomic E-state index is 13.1. The summed E-state index contributed by atoms with van der Waals surface area (Å²) < 4.78 is 7.20. The lowest BCUT2D eigenvalue weighted by Gasteiger charge is -2.33. The fourth-order valence-electron chi connectivity index (χ4n) is 3.82. The van der Waals surface area contributed by atoms with E-state index in [1.54, 1.807) is 28.9 Å². The van der Waals surface area contributed by atoms with E-state index in [2.05, 4.69) is 15.1 Å². The van der Waals surface area contributed by atoms with Crippen LogP contribution in [0.2, 0.25) is 0 Å². The quantitative estimate of drug-likeness (QED) is 0.476. The number of carbonyl (C=O) groups is 2. The predicted molar refractivity (Wildman–Crippen MR) is 120 cm³/mol. The van der Waals surface area contributed by atoms with Gasteiger partial charge < -0.3 is 20.4 Å². The summed E-state index contributed by atoms with van der Waals surface area (Å²) in [5, 5.41) is 4.65. The van der Waals surface area contributed by atoms with Crippen LogP contribution in [0, 0.1) is 0 Å². The third-order valence-corrected chi connectivity index (χ3v) is 5.46. The van der Waals surface area contributed by atoms with Crippen molar-refractivity contribution in [2.24, 2.45) is 5.73 Å². The number of aryl methyl sites for hydroxylation is 1. The number of benzene rings is 2. The van der Waals surface area contributed by atoms with E-state index in [4.69, 9.17) is 10.5 Å². The summed E-state index contributed by atoms with van der Waals surface area (Å²) in [5.41, 5.74) is 6.85. The first-order valence-corrected chi connectivity index (χ1v) is 10.4. The molecule has 0 saturated heterocycles. The van der Waals surface area contributed by atoms with Crippen LogP contribution in [0.25, 0.3) is 16.7 Å². The number of carbonyl (C=O) groups excluding carboxylic acids is 2. The number of rotatable bonds is 5. The van der Waals surface area contributed by atoms with Gasteiger partial charge in [-0.3, -0.25) is 14.4 Å². The molecule has 1 aliphatic rings. The molecule has 0 aliphatic carbocycles. The highest BCUT2D eigenvalue weighted by molar-refractivity contribution is 5.97. The third kappa shape index (κ3) is 3.82. The predicted octanol–water partition coefficient (Wildman–Crippen LogP) is 1.32. The van der Waals surface area contributed by atoms with Gasteiger partial charge in [0.25, 0.3) is 11.5 Å². The van der Waals surface area contributed by atoms with Crippen LogP contribution >= 0.6 is 0 Å². The van der Waals surface area contributed by atoms with Crippen LogP contribution in [0.15, 0.2) is 65.6 Å². The van der Waals surface area contributed by atoms with Crippen molar-refractivity contribution in [3.8, 4) is 11.4 Å². The molecule has 10 heteroatoms. The van der Waals surface area contributed by atoms with E-state index in [-0.39, 0.29) is 30.9 Å². The molecule has 4 aromatic rings. The van der Waals surface area contributed by atoms with E-state index in [9.17, 15) is 14.4 Å². The van der Waals surface area contributed by atoms with Crippen molar-refractivity contribution in [2.75, 3.05) is 11.4 Å². The number of para-hydroxylation sites is 3. The fraction of sp³-hybridized carbons (Fsp3) is 0.174. The lowest BCUT2D eigenvalue weighted by molar-refractivity contribution is -0.125. The first kappa shape index (κ1) is 20.4. The molecular formula is C23H20N6O4. The largest absolute Gasteiger partial charge is 0.477 e. The first-order valence-electron chi connectivity index (χ1n) is 10.4. The number of amides is 2. The van der Waals surface area contributed by atoms with Gasteiger partial charge in [0, 0.05) is 12.8 Å². The zero-order valence-corrected chi connectivity index (χ0v) is 17.5. The molecular weight excluding hydrogens is 424 g/mol. The van der Waals surface area contributed by atoms with E-state index in [0.29, 0.717) is 28.3 Å². The Balaban J connectivity index is 1.40. The summed E-state index contributed by atoms with van der Waals surface area (Å²) in [4.78, 5) is 46.1. The van der Waals surface area contributed by atoms with Crippen LogP contribution in [0.1, 0.15) is 12.2 Å². The summed E-state index contributed by atoms with van der Waals surface area (Å²) in [5.74, 6) is -0.101. The van der Waals surface area contributed by atoms with Gasteiger partial charge in [0.1, 0.15) is 17.0 Å². The highest BCUT2D eigenvalue weighted by Crippen LogP contribution is 2.33. The Bertz CT molecular complexity index is 1410. The monoisotopic (exact) mass is 444 g/mol. The van der Waals surface area contributed by atoms with Crippen molar-refractivity contribution in [3.63, 3.8) is 0 Å². The molecule has 0 saturated carbocycles. The molecule has 3 heterocycles. The van der Waals surface area contributed by atoms with Crippen molar-refractivity contribution in [3.05, 3.63) is 77.0 Å². The number of aromatic amines is 1. The highest BCUT2D eigenvalue weighted by atomic mass is 16.5. The standard InChI is InChI=1S/C23H20N6O4/c24-21(31)18-13-28(16-8-4-5-9-17(16)33-18)20(30)11-10-19-26-22-15(23(32)27-19)12-25-29(22)14-6-2-1-3-7-14/h1-9,12,18H,10-11,13H2,(H2,24,31)(H,26,27,32). The number of fused-ring (bicyclic) bond motifs is 2. The molecule has 1 aliphatic heterocycles. The molecule has 2 amide bonds. The van der Waals surface area contributed by atoms with Gasteiger partial charge >= 0.3 is 0 Å². The van der Waals surface area contributed by atoms with Crippen LogP contribution in [-0.4, -0.2) is 44.2 Å². The SMILES string of the molecule is NC(=O)C1CN(C(=O)CCc2nc3c(cnn3-c3ccccc3)c(=O)[nH]2)c2ccccc2O1. The van der Waals surface area contributed by atoms with Crippen molar-refractivity contribution in [1.82, 2.24) is 19.7 Å². The van der Waals surface area contributed by atoms with Gasteiger partial charge in [-0.15, -0.1) is 0 Å². The first-order chi connectivity index (χ1) is 16.0. The number of nitrogens with one attached hydrogen (secondary N) is 1. The topological polar surface area (TPSA) is 136 Å². The van der Waals surface area contributed by atoms with E-state index < -0.39 is 12.0 Å². The molecule has 5 rings (SSSR count). The summed E-state index contributed by atoms with van der Waals surface area (Å²) in [6.07, 6.45) is 0.800. The number of aromatic nitrogens is 4. The molecule has 1 unspecified atom stereocenters. The van der Waals surface area contributed by atoms with Crippen molar-refractivity contribution >= 4 is 28.5 Å². The van der Waals surface area contributed by atoms with Crippen molar-refractivity contribution in [1.29, 1.82) is 0 Å². The third-order valence-electron chi connectivity index (χ3n) is 5.46. The molecule has 2 aromatic carbocycles. The lowest BCUT2D eigenvalue weighted by Crippen LogP contribution is -2.49. The Morgan fingerprint density at radius 2 is 1.88 bits per heavy atom. The van der Waals surface area contributed by atoms with Crippen molar-refractivity contribution < 1.29 is 14.3 Å². The number of H-pyrrole nitrogens is 1. The van der Waals surface area contributed by atoms with Crippen molar-refractivity contribution in [2.45, 2.75) is 18.9 Å². The zero-order valence-electron chi connectivity index (χ0n) is 17.5. The molecule has 0 spiro atoms. The average molecular weight is 444 g/mol. The minimum Gasteiger partial charge on any atom is -0.477 e. The maximum atomic E-state index is 13.1. The van der Waals surface area contributed by atoms with Crippen LogP contribution in [0.4, 0.5) is 5.69 Å². The van der Waals surface area contributed by atoms with E-state index >= 15 is 0 Å². The maximum Gasteiger partial charge on any atom is 0.262 e. The summed E-state index contributed by atoms with van der Waals surface area (Å²) >= 11 is 0. The molecule has 0 bridgehead atoms. The van der Waals surface area contributed by atoms with Gasteiger partial charge in [-0.1, -0.05) is 30.3 Å². The number of nitrogens with two attached hydrogens (primary N) is 1. The smallest absolute Gasteiger partial charge is 0.262 e. The van der Waals surface area contributed by atoms with Gasteiger partial charge in [-0.05, 0) is 24.3 Å². The average Bonchev–Trinajstić information content (AvgIpc) is 3.27. The Kier molecular flexibility index (Phi) is 5.09. The van der Waals surface area contributed by atoms with E-state index in [1.807, 2.05) is 30.3 Å². The van der Waals surface area contributed by atoms with Crippen LogP contribution in [0.5, 0.6) is 5.75 Å². The molecule has 33 heavy (non-hydrogen) atoms. The number of anilines is 1. The lowest BCUT2D eigenvalue weighted by atomic mass is 10.1. The normalized spacial score (nSPS) is 15.2. The second-order valence-electron chi connectivity index (χ2n) is 7.62. The van der Waals surface area contributed by atoms with Gasteiger partial charge in [0.2, 0.25) is 5.91 Å². The van der Waals surface area contributed by atoms with E-state index in [0.717, 1.165) is 5.69 Å². The van der Waals surface area contributed by atoms with Gasteiger partial charge in [0.05, 0.1) is 24.1 Å². The number of primary amides is 1. The fourth-order valence-corrected chi connectivity index (χ4v) is 3.82. The second kappa shape index (κ2) is 8.23. The Morgan fingerprint density at radius 1 is 1.12 bits per heavy atom. The minimum atomic E-state index is -0.932. The number of ether oxygens (including phenoxy) is 1. The van der Waals surface area contributed by atoms with Gasteiger partial charge in [-0.25, -0.2) is 9.67 Å². The molecule has 1 atom stereocenters. The van der Waals surface area contributed by atoms with Gasteiger partial charge in [0.15, 0.2) is 11.8 Å². The Hall–Kier alpha value is -4.47. The number of nitrogens with zero attached hydrogens (tertiary/aromatic N) is 4. The molecule has 10 nitrogen and oxygen atoms in total. The molecule has 0 radical (unpaired) electrons.